The van der Waals surface area contributed by atoms with Crippen LogP contribution in [0, 0.1) is 12.8 Å². The number of aryl methyl sites for hydroxylation is 2. The summed E-state index contributed by atoms with van der Waals surface area (Å²) in [5, 5.41) is 1.31. The molecule has 0 saturated carbocycles. The van der Waals surface area contributed by atoms with E-state index in [0.29, 0.717) is 0 Å². The summed E-state index contributed by atoms with van der Waals surface area (Å²) in [5.74, 6) is 1.89. The van der Waals surface area contributed by atoms with Crippen molar-refractivity contribution < 1.29 is 0 Å². The zero-order valence-electron chi connectivity index (χ0n) is 18.2. The van der Waals surface area contributed by atoms with Gasteiger partial charge in [-0.1, -0.05) is 37.1 Å². The van der Waals surface area contributed by atoms with Crippen LogP contribution in [0.4, 0.5) is 0 Å². The predicted molar refractivity (Wildman–Crippen MR) is 126 cm³/mol. The molecule has 1 aliphatic heterocycles. The van der Waals surface area contributed by atoms with Crippen LogP contribution in [0.1, 0.15) is 37.7 Å². The largest absolute Gasteiger partial charge is 0.347 e. The molecule has 0 radical (unpaired) electrons. The molecule has 0 spiro atoms. The lowest BCUT2D eigenvalue weighted by Gasteiger charge is -2.28. The number of rotatable bonds is 6. The molecule has 2 aromatic heterocycles. The molecule has 5 rings (SSSR count). The molecule has 4 aromatic rings. The number of piperidine rings is 1. The minimum atomic E-state index is 0.936. The van der Waals surface area contributed by atoms with Gasteiger partial charge in [-0.05, 0) is 81.4 Å². The topological polar surface area (TPSA) is 36.9 Å². The van der Waals surface area contributed by atoms with Crippen molar-refractivity contribution in [2.24, 2.45) is 5.92 Å². The Labute approximate surface area is 178 Å². The highest BCUT2D eigenvalue weighted by Crippen LogP contribution is 2.27. The number of likely N-dealkylation sites (tertiary alicyclic amines) is 1. The number of imidazole rings is 1. The lowest BCUT2D eigenvalue weighted by atomic mass is 9.92. The number of fused-ring (bicyclic) bond motifs is 2. The molecule has 0 atom stereocenters. The van der Waals surface area contributed by atoms with Gasteiger partial charge in [-0.3, -0.25) is 0 Å². The molecule has 1 fully saturated rings. The molecule has 0 aliphatic carbocycles. The Morgan fingerprint density at radius 3 is 2.77 bits per heavy atom. The Hall–Kier alpha value is -2.59. The van der Waals surface area contributed by atoms with Crippen molar-refractivity contribution in [2.75, 3.05) is 20.1 Å². The lowest BCUT2D eigenvalue weighted by Crippen LogP contribution is -2.30. The molecule has 4 heteroatoms. The second-order valence-corrected chi connectivity index (χ2v) is 9.08. The highest BCUT2D eigenvalue weighted by molar-refractivity contribution is 5.87. The Morgan fingerprint density at radius 2 is 1.93 bits per heavy atom. The third-order valence-corrected chi connectivity index (χ3v) is 6.86. The summed E-state index contributed by atoms with van der Waals surface area (Å²) in [7, 11) is 2.24. The zero-order valence-corrected chi connectivity index (χ0v) is 18.2. The van der Waals surface area contributed by atoms with Crippen LogP contribution in [0.3, 0.4) is 0 Å². The molecule has 0 unspecified atom stereocenters. The molecule has 4 nitrogen and oxygen atoms in total. The Morgan fingerprint density at radius 1 is 1.07 bits per heavy atom. The molecule has 1 aliphatic rings. The average Bonchev–Trinajstić information content (AvgIpc) is 3.37. The molecule has 0 bridgehead atoms. The standard InChI is InChI=1S/C26H32N4/c1-19-6-5-8-23-25(19)28-26(27-23)22-10-9-21-13-17-30(24(21)18-22)14-4-3-7-20-11-15-29(2)16-12-20/h5-6,8-10,13,17-18,20H,3-4,7,11-12,14-16H2,1-2H3,(H,27,28). The first kappa shape index (κ1) is 19.4. The van der Waals surface area contributed by atoms with Gasteiger partial charge in [0.25, 0.3) is 0 Å². The summed E-state index contributed by atoms with van der Waals surface area (Å²) in [6.07, 6.45) is 8.97. The number of unbranched alkanes of at least 4 members (excludes halogenated alkanes) is 1. The third-order valence-electron chi connectivity index (χ3n) is 6.86. The lowest BCUT2D eigenvalue weighted by molar-refractivity contribution is 0.209. The van der Waals surface area contributed by atoms with Crippen molar-refractivity contribution in [1.29, 1.82) is 0 Å². The van der Waals surface area contributed by atoms with Gasteiger partial charge in [-0.15, -0.1) is 0 Å². The SMILES string of the molecule is Cc1cccc2[nH]c(-c3ccc4ccn(CCCCC5CCN(C)CC5)c4c3)nc12. The first-order valence-electron chi connectivity index (χ1n) is 11.4. The van der Waals surface area contributed by atoms with E-state index in [1.165, 1.54) is 61.7 Å². The van der Waals surface area contributed by atoms with E-state index in [1.807, 2.05) is 0 Å². The van der Waals surface area contributed by atoms with Gasteiger partial charge in [0, 0.05) is 23.8 Å². The maximum absolute atomic E-state index is 4.87. The van der Waals surface area contributed by atoms with Crippen LogP contribution in [0.15, 0.2) is 48.7 Å². The van der Waals surface area contributed by atoms with Crippen LogP contribution < -0.4 is 0 Å². The van der Waals surface area contributed by atoms with Crippen LogP contribution in [-0.2, 0) is 6.54 Å². The molecule has 30 heavy (non-hydrogen) atoms. The van der Waals surface area contributed by atoms with E-state index in [4.69, 9.17) is 4.98 Å². The van der Waals surface area contributed by atoms with E-state index >= 15 is 0 Å². The van der Waals surface area contributed by atoms with Crippen LogP contribution in [-0.4, -0.2) is 39.6 Å². The van der Waals surface area contributed by atoms with Crippen molar-refractivity contribution in [3.8, 4) is 11.4 Å². The normalized spacial score (nSPS) is 16.1. The van der Waals surface area contributed by atoms with Crippen LogP contribution in [0.5, 0.6) is 0 Å². The van der Waals surface area contributed by atoms with Crippen LogP contribution >= 0.6 is 0 Å². The highest BCUT2D eigenvalue weighted by Gasteiger charge is 2.16. The Balaban J connectivity index is 1.29. The molecule has 1 N–H and O–H groups in total. The average molecular weight is 401 g/mol. The number of benzene rings is 2. The summed E-state index contributed by atoms with van der Waals surface area (Å²) in [4.78, 5) is 10.8. The Bertz CT molecular complexity index is 1140. The zero-order chi connectivity index (χ0) is 20.5. The van der Waals surface area contributed by atoms with Crippen LogP contribution in [0.2, 0.25) is 0 Å². The fourth-order valence-corrected chi connectivity index (χ4v) is 4.90. The fourth-order valence-electron chi connectivity index (χ4n) is 4.90. The summed E-state index contributed by atoms with van der Waals surface area (Å²) in [6.45, 7) is 5.76. The van der Waals surface area contributed by atoms with Gasteiger partial charge < -0.3 is 14.5 Å². The number of hydrogen-bond acceptors (Lipinski definition) is 2. The second kappa shape index (κ2) is 8.27. The molecular formula is C26H32N4. The first-order chi connectivity index (χ1) is 14.7. The van der Waals surface area contributed by atoms with Crippen molar-refractivity contribution in [3.63, 3.8) is 0 Å². The van der Waals surface area contributed by atoms with Gasteiger partial charge in [0.15, 0.2) is 0 Å². The van der Waals surface area contributed by atoms with Gasteiger partial charge in [-0.25, -0.2) is 4.98 Å². The van der Waals surface area contributed by atoms with Crippen molar-refractivity contribution in [1.82, 2.24) is 19.4 Å². The quantitative estimate of drug-likeness (QED) is 0.403. The van der Waals surface area contributed by atoms with E-state index in [9.17, 15) is 0 Å². The summed E-state index contributed by atoms with van der Waals surface area (Å²) >= 11 is 0. The van der Waals surface area contributed by atoms with Gasteiger partial charge in [0.2, 0.25) is 0 Å². The summed E-state index contributed by atoms with van der Waals surface area (Å²) < 4.78 is 2.42. The first-order valence-corrected chi connectivity index (χ1v) is 11.4. The van der Waals surface area contributed by atoms with Gasteiger partial charge >= 0.3 is 0 Å². The van der Waals surface area contributed by atoms with E-state index in [-0.39, 0.29) is 0 Å². The molecule has 0 amide bonds. The second-order valence-electron chi connectivity index (χ2n) is 9.08. The molecule has 2 aromatic carbocycles. The summed E-state index contributed by atoms with van der Waals surface area (Å²) in [6, 6.07) is 15.2. The number of nitrogens with one attached hydrogen (secondary N) is 1. The maximum Gasteiger partial charge on any atom is 0.138 e. The van der Waals surface area contributed by atoms with Crippen molar-refractivity contribution in [3.05, 3.63) is 54.2 Å². The number of para-hydroxylation sites is 1. The van der Waals surface area contributed by atoms with E-state index in [2.05, 4.69) is 77.1 Å². The third kappa shape index (κ3) is 3.89. The summed E-state index contributed by atoms with van der Waals surface area (Å²) in [5.41, 5.74) is 5.85. The Kier molecular flexibility index (Phi) is 5.34. The van der Waals surface area contributed by atoms with E-state index in [1.54, 1.807) is 0 Å². The molecular weight excluding hydrogens is 368 g/mol. The minimum absolute atomic E-state index is 0.936. The number of H-pyrrole nitrogens is 1. The molecule has 156 valence electrons. The fraction of sp³-hybridized carbons (Fsp3) is 0.423. The molecule has 3 heterocycles. The van der Waals surface area contributed by atoms with Gasteiger partial charge in [0.1, 0.15) is 5.82 Å². The maximum atomic E-state index is 4.87. The number of hydrogen-bond donors (Lipinski definition) is 1. The number of nitrogens with zero attached hydrogens (tertiary/aromatic N) is 3. The number of aromatic amines is 1. The van der Waals surface area contributed by atoms with Crippen molar-refractivity contribution >= 4 is 21.9 Å². The monoisotopic (exact) mass is 400 g/mol. The number of aromatic nitrogens is 3. The van der Waals surface area contributed by atoms with Crippen molar-refractivity contribution in [2.45, 2.75) is 45.6 Å². The van der Waals surface area contributed by atoms with Gasteiger partial charge in [0.05, 0.1) is 11.0 Å². The molecule has 1 saturated heterocycles. The predicted octanol–water partition coefficient (Wildman–Crippen LogP) is 6.01. The van der Waals surface area contributed by atoms with Gasteiger partial charge in [-0.2, -0.15) is 0 Å². The van der Waals surface area contributed by atoms with E-state index < -0.39 is 0 Å². The van der Waals surface area contributed by atoms with E-state index in [0.717, 1.165) is 34.9 Å². The highest BCUT2D eigenvalue weighted by atomic mass is 15.1. The van der Waals surface area contributed by atoms with Crippen LogP contribution in [0.25, 0.3) is 33.3 Å². The smallest absolute Gasteiger partial charge is 0.138 e. The minimum Gasteiger partial charge on any atom is -0.347 e.